The molecule has 3 aromatic rings. The summed E-state index contributed by atoms with van der Waals surface area (Å²) in [5, 5.41) is 2.98. The lowest BCUT2D eigenvalue weighted by molar-refractivity contribution is 0.0738. The number of hydrogen-bond donors (Lipinski definition) is 1. The number of piperidine rings is 1. The summed E-state index contributed by atoms with van der Waals surface area (Å²) >= 11 is 0. The smallest absolute Gasteiger partial charge is 0.287 e. The van der Waals surface area contributed by atoms with Gasteiger partial charge in [-0.1, -0.05) is 31.5 Å². The fourth-order valence-electron chi connectivity index (χ4n) is 4.80. The van der Waals surface area contributed by atoms with Gasteiger partial charge in [0.25, 0.3) is 11.8 Å². The number of rotatable bonds is 11. The van der Waals surface area contributed by atoms with Crippen molar-refractivity contribution in [3.8, 4) is 0 Å². The van der Waals surface area contributed by atoms with Gasteiger partial charge in [-0.05, 0) is 75.2 Å². The molecule has 0 aliphatic carbocycles. The van der Waals surface area contributed by atoms with Crippen molar-refractivity contribution < 1.29 is 14.0 Å². The molecule has 1 N–H and O–H groups in total. The molecular weight excluding hydrogens is 452 g/mol. The predicted octanol–water partition coefficient (Wildman–Crippen LogP) is 4.71. The number of carbonyl (C=O) groups excluding carboxylic acids is 2. The second-order valence-corrected chi connectivity index (χ2v) is 9.59. The highest BCUT2D eigenvalue weighted by atomic mass is 16.4. The minimum atomic E-state index is -0.177. The van der Waals surface area contributed by atoms with Gasteiger partial charge in [0.15, 0.2) is 5.76 Å². The number of nitrogens with zero attached hydrogens (tertiary/aromatic N) is 3. The molecule has 4 rings (SSSR count). The molecule has 0 saturated carbocycles. The van der Waals surface area contributed by atoms with Crippen molar-refractivity contribution in [1.29, 1.82) is 0 Å². The molecule has 1 aliphatic rings. The van der Waals surface area contributed by atoms with Gasteiger partial charge in [-0.25, -0.2) is 0 Å². The van der Waals surface area contributed by atoms with Crippen LogP contribution in [0, 0.1) is 6.92 Å². The summed E-state index contributed by atoms with van der Waals surface area (Å²) in [6.07, 6.45) is 6.66. The average molecular weight is 491 g/mol. The Kier molecular flexibility index (Phi) is 9.01. The van der Waals surface area contributed by atoms with Crippen molar-refractivity contribution in [3.05, 3.63) is 83.1 Å². The minimum absolute atomic E-state index is 0.0456. The van der Waals surface area contributed by atoms with E-state index in [4.69, 9.17) is 4.42 Å². The Bertz CT molecular complexity index is 1140. The van der Waals surface area contributed by atoms with Crippen LogP contribution in [0.3, 0.4) is 0 Å². The summed E-state index contributed by atoms with van der Waals surface area (Å²) in [5.74, 6) is 0.911. The lowest BCUT2D eigenvalue weighted by atomic mass is 10.1. The van der Waals surface area contributed by atoms with Crippen LogP contribution in [-0.4, -0.2) is 58.9 Å². The number of amides is 2. The molecule has 0 atom stereocenters. The Labute approximate surface area is 214 Å². The molecule has 7 nitrogen and oxygen atoms in total. The second kappa shape index (κ2) is 12.6. The third kappa shape index (κ3) is 6.66. The molecule has 2 amide bonds. The first kappa shape index (κ1) is 25.8. The molecule has 1 saturated heterocycles. The molecule has 192 valence electrons. The van der Waals surface area contributed by atoms with E-state index in [1.165, 1.54) is 19.3 Å². The van der Waals surface area contributed by atoms with Crippen LogP contribution in [0.15, 0.2) is 59.1 Å². The van der Waals surface area contributed by atoms with Gasteiger partial charge < -0.3 is 24.1 Å². The molecule has 1 aliphatic heterocycles. The normalized spacial score (nSPS) is 14.1. The number of hydrogen-bond acceptors (Lipinski definition) is 4. The van der Waals surface area contributed by atoms with Gasteiger partial charge in [-0.15, -0.1) is 0 Å². The highest BCUT2D eigenvalue weighted by Crippen LogP contribution is 2.17. The SMILES string of the molecule is CCCN(Cc1cccn1Cc1ccc(C(=O)NCCN2CCCCC2)o1)C(=O)c1ccccc1C. The van der Waals surface area contributed by atoms with E-state index in [1.54, 1.807) is 6.07 Å². The fourth-order valence-corrected chi connectivity index (χ4v) is 4.80. The highest BCUT2D eigenvalue weighted by Gasteiger charge is 2.19. The van der Waals surface area contributed by atoms with Crippen LogP contribution in [0.2, 0.25) is 0 Å². The van der Waals surface area contributed by atoms with Gasteiger partial charge in [0, 0.05) is 37.1 Å². The van der Waals surface area contributed by atoms with Gasteiger partial charge in [0.1, 0.15) is 5.76 Å². The number of aromatic nitrogens is 1. The Morgan fingerprint density at radius 2 is 1.83 bits per heavy atom. The molecule has 36 heavy (non-hydrogen) atoms. The first-order valence-electron chi connectivity index (χ1n) is 13.1. The van der Waals surface area contributed by atoms with Crippen LogP contribution in [0.1, 0.15) is 70.5 Å². The maximum Gasteiger partial charge on any atom is 0.287 e. The van der Waals surface area contributed by atoms with Crippen LogP contribution >= 0.6 is 0 Å². The van der Waals surface area contributed by atoms with E-state index < -0.39 is 0 Å². The van der Waals surface area contributed by atoms with Crippen LogP contribution in [0.25, 0.3) is 0 Å². The topological polar surface area (TPSA) is 70.7 Å². The fraction of sp³-hybridized carbons (Fsp3) is 0.448. The Morgan fingerprint density at radius 3 is 2.61 bits per heavy atom. The monoisotopic (exact) mass is 490 g/mol. The zero-order chi connectivity index (χ0) is 25.3. The molecule has 0 radical (unpaired) electrons. The quantitative estimate of drug-likeness (QED) is 0.423. The van der Waals surface area contributed by atoms with Gasteiger partial charge in [-0.3, -0.25) is 9.59 Å². The van der Waals surface area contributed by atoms with Crippen molar-refractivity contribution in [2.75, 3.05) is 32.7 Å². The highest BCUT2D eigenvalue weighted by molar-refractivity contribution is 5.95. The van der Waals surface area contributed by atoms with E-state index in [0.717, 1.165) is 42.9 Å². The van der Waals surface area contributed by atoms with Gasteiger partial charge in [0.2, 0.25) is 0 Å². The van der Waals surface area contributed by atoms with Gasteiger partial charge in [0.05, 0.1) is 13.1 Å². The summed E-state index contributed by atoms with van der Waals surface area (Å²) in [6.45, 7) is 9.48. The molecule has 0 unspecified atom stereocenters. The summed E-state index contributed by atoms with van der Waals surface area (Å²) < 4.78 is 7.95. The minimum Gasteiger partial charge on any atom is -0.454 e. The number of furan rings is 1. The maximum absolute atomic E-state index is 13.3. The van der Waals surface area contributed by atoms with E-state index in [-0.39, 0.29) is 11.8 Å². The standard InChI is InChI=1S/C29H38N4O3/c1-3-16-33(29(35)26-12-6-5-10-23(26)2)21-24-11-9-19-32(24)22-25-13-14-27(36-25)28(34)30-15-20-31-17-7-4-8-18-31/h5-6,9-14,19H,3-4,7-8,15-18,20-22H2,1-2H3,(H,30,34). The molecule has 1 aromatic carbocycles. The number of likely N-dealkylation sites (tertiary alicyclic amines) is 1. The molecule has 7 heteroatoms. The van der Waals surface area contributed by atoms with E-state index in [2.05, 4.69) is 21.7 Å². The molecule has 2 aromatic heterocycles. The van der Waals surface area contributed by atoms with Gasteiger partial charge in [-0.2, -0.15) is 0 Å². The van der Waals surface area contributed by atoms with E-state index in [1.807, 2.05) is 60.5 Å². The van der Waals surface area contributed by atoms with E-state index >= 15 is 0 Å². The van der Waals surface area contributed by atoms with Crippen LogP contribution < -0.4 is 5.32 Å². The van der Waals surface area contributed by atoms with E-state index in [0.29, 0.717) is 37.7 Å². The summed E-state index contributed by atoms with van der Waals surface area (Å²) in [7, 11) is 0. The van der Waals surface area contributed by atoms with Crippen LogP contribution in [0.5, 0.6) is 0 Å². The Hall–Kier alpha value is -3.32. The average Bonchev–Trinajstić information content (AvgIpc) is 3.54. The molecular formula is C29H38N4O3. The molecule has 0 bridgehead atoms. The van der Waals surface area contributed by atoms with Crippen molar-refractivity contribution >= 4 is 11.8 Å². The Balaban J connectivity index is 1.35. The lowest BCUT2D eigenvalue weighted by Crippen LogP contribution is -2.37. The first-order chi connectivity index (χ1) is 17.5. The first-order valence-corrected chi connectivity index (χ1v) is 13.1. The summed E-state index contributed by atoms with van der Waals surface area (Å²) in [6, 6.07) is 15.3. The van der Waals surface area contributed by atoms with Gasteiger partial charge >= 0.3 is 0 Å². The molecule has 3 heterocycles. The largest absolute Gasteiger partial charge is 0.454 e. The van der Waals surface area contributed by atoms with Crippen LogP contribution in [-0.2, 0) is 13.1 Å². The predicted molar refractivity (Wildman–Crippen MR) is 141 cm³/mol. The number of nitrogens with one attached hydrogen (secondary N) is 1. The number of benzene rings is 1. The zero-order valence-corrected chi connectivity index (χ0v) is 21.5. The summed E-state index contributed by atoms with van der Waals surface area (Å²) in [4.78, 5) is 30.1. The molecule has 0 spiro atoms. The molecule has 1 fully saturated rings. The zero-order valence-electron chi connectivity index (χ0n) is 21.5. The van der Waals surface area contributed by atoms with Crippen molar-refractivity contribution in [3.63, 3.8) is 0 Å². The van der Waals surface area contributed by atoms with Crippen LogP contribution in [0.4, 0.5) is 0 Å². The second-order valence-electron chi connectivity index (χ2n) is 9.59. The van der Waals surface area contributed by atoms with E-state index in [9.17, 15) is 9.59 Å². The Morgan fingerprint density at radius 1 is 1.03 bits per heavy atom. The van der Waals surface area contributed by atoms with Crippen molar-refractivity contribution in [2.24, 2.45) is 0 Å². The number of aryl methyl sites for hydroxylation is 1. The third-order valence-electron chi connectivity index (χ3n) is 6.81. The van der Waals surface area contributed by atoms with Crippen molar-refractivity contribution in [1.82, 2.24) is 19.7 Å². The summed E-state index contributed by atoms with van der Waals surface area (Å²) in [5.41, 5.74) is 2.75. The number of carbonyl (C=O) groups is 2. The lowest BCUT2D eigenvalue weighted by Gasteiger charge is -2.26. The third-order valence-corrected chi connectivity index (χ3v) is 6.81. The maximum atomic E-state index is 13.3. The van der Waals surface area contributed by atoms with Crippen molar-refractivity contribution in [2.45, 2.75) is 52.6 Å².